The smallest absolute Gasteiger partial charge is 0.267 e. The zero-order valence-corrected chi connectivity index (χ0v) is 20.3. The van der Waals surface area contributed by atoms with Gasteiger partial charge in [-0.15, -0.1) is 0 Å². The summed E-state index contributed by atoms with van der Waals surface area (Å²) >= 11 is 12.4. The Morgan fingerprint density at radius 3 is 2.19 bits per heavy atom. The quantitative estimate of drug-likeness (QED) is 0.628. The van der Waals surface area contributed by atoms with Crippen LogP contribution in [0.1, 0.15) is 27.7 Å². The number of hydrogen-bond acceptors (Lipinski definition) is 4. The van der Waals surface area contributed by atoms with Gasteiger partial charge in [0.2, 0.25) is 5.91 Å². The Labute approximate surface area is 199 Å². The Hall–Kier alpha value is -2.44. The van der Waals surface area contributed by atoms with E-state index in [1.165, 1.54) is 0 Å². The lowest BCUT2D eigenvalue weighted by molar-refractivity contribution is -0.134. The molecule has 6 nitrogen and oxygen atoms in total. The number of ether oxygens (including phenoxy) is 1. The van der Waals surface area contributed by atoms with E-state index >= 15 is 0 Å². The Morgan fingerprint density at radius 2 is 1.62 bits per heavy atom. The Kier molecular flexibility index (Phi) is 7.57. The number of amides is 2. The van der Waals surface area contributed by atoms with Gasteiger partial charge in [-0.2, -0.15) is 0 Å². The molecule has 0 aliphatic carbocycles. The number of halogens is 2. The third-order valence-electron chi connectivity index (χ3n) is 5.36. The van der Waals surface area contributed by atoms with E-state index in [0.29, 0.717) is 47.7 Å². The van der Waals surface area contributed by atoms with Crippen LogP contribution in [0.25, 0.3) is 0 Å². The summed E-state index contributed by atoms with van der Waals surface area (Å²) < 4.78 is 5.84. The summed E-state index contributed by atoms with van der Waals surface area (Å²) in [4.78, 5) is 29.1. The Morgan fingerprint density at radius 1 is 1.00 bits per heavy atom. The topological polar surface area (TPSA) is 61.9 Å². The second-order valence-corrected chi connectivity index (χ2v) is 9.50. The molecule has 0 saturated carbocycles. The van der Waals surface area contributed by atoms with Crippen LogP contribution in [0.4, 0.5) is 11.4 Å². The second kappa shape index (κ2) is 10.0. The summed E-state index contributed by atoms with van der Waals surface area (Å²) in [6, 6.07) is 12.3. The Bertz CT molecular complexity index is 969. The lowest BCUT2D eigenvalue weighted by atomic mass is 10.1. The maximum absolute atomic E-state index is 12.8. The summed E-state index contributed by atoms with van der Waals surface area (Å²) in [6.45, 7) is 10.00. The lowest BCUT2D eigenvalue weighted by Crippen LogP contribution is -2.50. The largest absolute Gasteiger partial charge is 0.478 e. The van der Waals surface area contributed by atoms with E-state index in [1.54, 1.807) is 44.2 Å². The highest BCUT2D eigenvalue weighted by atomic mass is 35.5. The van der Waals surface area contributed by atoms with Crippen LogP contribution in [-0.2, 0) is 9.59 Å². The van der Waals surface area contributed by atoms with Gasteiger partial charge in [0.25, 0.3) is 5.91 Å². The average molecular weight is 478 g/mol. The van der Waals surface area contributed by atoms with Crippen molar-refractivity contribution in [3.63, 3.8) is 0 Å². The first-order valence-electron chi connectivity index (χ1n) is 10.7. The van der Waals surface area contributed by atoms with Crippen LogP contribution in [0.15, 0.2) is 42.5 Å². The van der Waals surface area contributed by atoms with Gasteiger partial charge in [0.15, 0.2) is 5.60 Å². The molecular formula is C24H29Cl2N3O3. The third kappa shape index (κ3) is 5.87. The van der Waals surface area contributed by atoms with Crippen molar-refractivity contribution < 1.29 is 14.3 Å². The fraction of sp³-hybridized carbons (Fsp3) is 0.417. The van der Waals surface area contributed by atoms with Gasteiger partial charge in [-0.3, -0.25) is 9.59 Å². The van der Waals surface area contributed by atoms with Gasteiger partial charge in [0.05, 0.1) is 10.7 Å². The minimum atomic E-state index is -1.10. The SMILES string of the molecule is CC(C)C(=O)N1CCN(c2ccc(NC(=O)C(C)(C)Oc3ccc(Cl)cc3)cc2Cl)CC1. The molecule has 1 N–H and O–H groups in total. The van der Waals surface area contributed by atoms with Gasteiger partial charge in [-0.1, -0.05) is 37.0 Å². The first-order valence-corrected chi connectivity index (χ1v) is 11.4. The third-order valence-corrected chi connectivity index (χ3v) is 5.92. The summed E-state index contributed by atoms with van der Waals surface area (Å²) in [7, 11) is 0. The number of carbonyl (C=O) groups excluding carboxylic acids is 2. The standard InChI is InChI=1S/C24H29Cl2N3O3/c1-16(2)22(30)29-13-11-28(12-14-29)21-10-7-18(15-20(21)26)27-23(31)24(3,4)32-19-8-5-17(25)6-9-19/h5-10,15-16H,11-14H2,1-4H3,(H,27,31). The zero-order valence-electron chi connectivity index (χ0n) is 18.8. The molecule has 1 fully saturated rings. The maximum Gasteiger partial charge on any atom is 0.267 e. The predicted octanol–water partition coefficient (Wildman–Crippen LogP) is 5.09. The summed E-state index contributed by atoms with van der Waals surface area (Å²) in [6.07, 6.45) is 0. The van der Waals surface area contributed by atoms with Gasteiger partial charge in [0, 0.05) is 42.8 Å². The predicted molar refractivity (Wildman–Crippen MR) is 130 cm³/mol. The molecule has 0 atom stereocenters. The number of hydrogen-bond donors (Lipinski definition) is 1. The molecule has 0 spiro atoms. The van der Waals surface area contributed by atoms with Gasteiger partial charge >= 0.3 is 0 Å². The number of nitrogens with zero attached hydrogens (tertiary/aromatic N) is 2. The van der Waals surface area contributed by atoms with E-state index in [2.05, 4.69) is 10.2 Å². The molecule has 8 heteroatoms. The van der Waals surface area contributed by atoms with E-state index in [1.807, 2.05) is 30.9 Å². The van der Waals surface area contributed by atoms with Crippen LogP contribution in [0.5, 0.6) is 5.75 Å². The van der Waals surface area contributed by atoms with Crippen LogP contribution in [0.2, 0.25) is 10.0 Å². The van der Waals surface area contributed by atoms with Crippen LogP contribution >= 0.6 is 23.2 Å². The molecule has 0 radical (unpaired) electrons. The molecule has 172 valence electrons. The highest BCUT2D eigenvalue weighted by Gasteiger charge is 2.30. The van der Waals surface area contributed by atoms with E-state index in [0.717, 1.165) is 5.69 Å². The molecule has 2 amide bonds. The van der Waals surface area contributed by atoms with E-state index in [-0.39, 0.29) is 17.7 Å². The molecule has 1 saturated heterocycles. The molecule has 2 aromatic rings. The van der Waals surface area contributed by atoms with Crippen molar-refractivity contribution in [2.75, 3.05) is 36.4 Å². The van der Waals surface area contributed by atoms with Crippen LogP contribution < -0.4 is 15.0 Å². The summed E-state index contributed by atoms with van der Waals surface area (Å²) in [5.74, 6) is 0.438. The van der Waals surface area contributed by atoms with Gasteiger partial charge < -0.3 is 19.9 Å². The second-order valence-electron chi connectivity index (χ2n) is 8.65. The van der Waals surface area contributed by atoms with Crippen LogP contribution in [-0.4, -0.2) is 48.5 Å². The maximum atomic E-state index is 12.8. The summed E-state index contributed by atoms with van der Waals surface area (Å²) in [5, 5.41) is 4.02. The van der Waals surface area contributed by atoms with Crippen molar-refractivity contribution in [2.45, 2.75) is 33.3 Å². The molecule has 0 aromatic heterocycles. The molecule has 2 aromatic carbocycles. The molecule has 3 rings (SSSR count). The van der Waals surface area contributed by atoms with E-state index < -0.39 is 5.60 Å². The minimum Gasteiger partial charge on any atom is -0.478 e. The van der Waals surface area contributed by atoms with Crippen molar-refractivity contribution in [2.24, 2.45) is 5.92 Å². The lowest BCUT2D eigenvalue weighted by Gasteiger charge is -2.37. The number of rotatable bonds is 6. The molecule has 1 heterocycles. The normalized spacial score (nSPS) is 14.5. The van der Waals surface area contributed by atoms with Gasteiger partial charge in [-0.25, -0.2) is 0 Å². The number of nitrogens with one attached hydrogen (secondary N) is 1. The first-order chi connectivity index (χ1) is 15.1. The molecule has 1 aliphatic heterocycles. The van der Waals surface area contributed by atoms with E-state index in [9.17, 15) is 9.59 Å². The number of carbonyl (C=O) groups is 2. The summed E-state index contributed by atoms with van der Waals surface area (Å²) in [5.41, 5.74) is 0.376. The zero-order chi connectivity index (χ0) is 23.5. The van der Waals surface area contributed by atoms with Crippen LogP contribution in [0, 0.1) is 5.92 Å². The van der Waals surface area contributed by atoms with Crippen molar-refractivity contribution in [1.82, 2.24) is 4.90 Å². The average Bonchev–Trinajstić information content (AvgIpc) is 2.75. The molecule has 1 aliphatic rings. The number of benzene rings is 2. The van der Waals surface area contributed by atoms with Gasteiger partial charge in [0.1, 0.15) is 5.75 Å². The van der Waals surface area contributed by atoms with Crippen molar-refractivity contribution in [3.05, 3.63) is 52.5 Å². The number of piperazine rings is 1. The molecule has 0 bridgehead atoms. The molecule has 0 unspecified atom stereocenters. The van der Waals surface area contributed by atoms with Crippen LogP contribution in [0.3, 0.4) is 0 Å². The van der Waals surface area contributed by atoms with Crippen molar-refractivity contribution in [3.8, 4) is 5.75 Å². The van der Waals surface area contributed by atoms with Crippen molar-refractivity contribution in [1.29, 1.82) is 0 Å². The Balaban J connectivity index is 1.62. The fourth-order valence-corrected chi connectivity index (χ4v) is 3.93. The van der Waals surface area contributed by atoms with Gasteiger partial charge in [-0.05, 0) is 56.3 Å². The van der Waals surface area contributed by atoms with Crippen molar-refractivity contribution >= 4 is 46.4 Å². The molecular weight excluding hydrogens is 449 g/mol. The minimum absolute atomic E-state index is 0.000884. The monoisotopic (exact) mass is 477 g/mol. The highest BCUT2D eigenvalue weighted by Crippen LogP contribution is 2.30. The first kappa shape index (κ1) is 24.2. The number of anilines is 2. The fourth-order valence-electron chi connectivity index (χ4n) is 3.50. The highest BCUT2D eigenvalue weighted by molar-refractivity contribution is 6.33. The molecule has 32 heavy (non-hydrogen) atoms. The van der Waals surface area contributed by atoms with E-state index in [4.69, 9.17) is 27.9 Å².